The summed E-state index contributed by atoms with van der Waals surface area (Å²) in [4.78, 5) is 0. The normalized spacial score (nSPS) is 6.17. The molecule has 0 aliphatic rings. The maximum atomic E-state index is 3.12. The van der Waals surface area contributed by atoms with Gasteiger partial charge in [-0.1, -0.05) is 6.92 Å². The molecule has 34 valence electrons. The van der Waals surface area contributed by atoms with Gasteiger partial charge in [0.05, 0.1) is 0 Å². The van der Waals surface area contributed by atoms with Crippen LogP contribution in [0.2, 0.25) is 0 Å². The van der Waals surface area contributed by atoms with E-state index in [4.69, 9.17) is 0 Å². The van der Waals surface area contributed by atoms with Crippen LogP contribution in [0.5, 0.6) is 0 Å². The molecule has 0 fully saturated rings. The number of hydrogen-bond acceptors (Lipinski definition) is 0. The fourth-order valence-electron chi connectivity index (χ4n) is 0. The zero-order valence-electron chi connectivity index (χ0n) is 3.75. The predicted molar refractivity (Wildman–Crippen MR) is 32.4 cm³/mol. The van der Waals surface area contributed by atoms with Gasteiger partial charge in [0.25, 0.3) is 0 Å². The van der Waals surface area contributed by atoms with Crippen LogP contribution in [0.3, 0.4) is 0 Å². The average molecular weight is 267 g/mol. The van der Waals surface area contributed by atoms with Crippen molar-refractivity contribution < 1.29 is 16.3 Å². The van der Waals surface area contributed by atoms with Crippen LogP contribution in [-0.4, -0.2) is 0 Å². The SMILES string of the molecule is CC[CH-]Br.[Zn+][Br]. The van der Waals surface area contributed by atoms with E-state index in [1.807, 2.05) is 5.33 Å². The van der Waals surface area contributed by atoms with E-state index in [2.05, 4.69) is 36.5 Å². The molecule has 0 bridgehead atoms. The van der Waals surface area contributed by atoms with Gasteiger partial charge < -0.3 is 15.9 Å². The molecule has 0 saturated carbocycles. The second-order valence-electron chi connectivity index (χ2n) is 0.563. The average Bonchev–Trinajstić information content (AvgIpc) is 1.72. The van der Waals surface area contributed by atoms with Crippen LogP contribution in [0.25, 0.3) is 0 Å². The van der Waals surface area contributed by atoms with Crippen molar-refractivity contribution in [2.45, 2.75) is 13.3 Å². The first-order chi connectivity index (χ1) is 2.91. The Hall–Kier alpha value is 1.58. The summed E-state index contributed by atoms with van der Waals surface area (Å²) in [6.45, 7) is 2.08. The molecule has 0 unspecified atom stereocenters. The third kappa shape index (κ3) is 17.6. The topological polar surface area (TPSA) is 0 Å². The van der Waals surface area contributed by atoms with Crippen LogP contribution in [-0.2, 0) is 16.3 Å². The minimum absolute atomic E-state index is 1.11. The molecule has 0 aromatic heterocycles. The Morgan fingerprint density at radius 3 is 1.83 bits per heavy atom. The predicted octanol–water partition coefficient (Wildman–Crippen LogP) is 2.80. The van der Waals surface area contributed by atoms with Crippen LogP contribution in [0.1, 0.15) is 13.3 Å². The van der Waals surface area contributed by atoms with E-state index in [1.54, 1.807) is 0 Å². The van der Waals surface area contributed by atoms with Crippen molar-refractivity contribution >= 4 is 29.6 Å². The van der Waals surface area contributed by atoms with E-state index >= 15 is 0 Å². The Balaban J connectivity index is 0. The summed E-state index contributed by atoms with van der Waals surface area (Å²) in [5.41, 5.74) is 0. The minimum atomic E-state index is 1.11. The Kier molecular flexibility index (Phi) is 28.1. The van der Waals surface area contributed by atoms with Gasteiger partial charge in [0.15, 0.2) is 0 Å². The zero-order valence-corrected chi connectivity index (χ0v) is 9.89. The molecule has 0 aromatic carbocycles. The van der Waals surface area contributed by atoms with E-state index in [9.17, 15) is 0 Å². The summed E-state index contributed by atoms with van der Waals surface area (Å²) in [5, 5.41) is 1.94. The summed E-state index contributed by atoms with van der Waals surface area (Å²) < 4.78 is 0. The number of rotatable bonds is 1. The fraction of sp³-hybridized carbons (Fsp3) is 0.667. The van der Waals surface area contributed by atoms with Crippen molar-refractivity contribution in [1.82, 2.24) is 0 Å². The van der Waals surface area contributed by atoms with Gasteiger partial charge in [-0.2, -0.15) is 6.42 Å². The molecule has 0 atom stereocenters. The van der Waals surface area contributed by atoms with Gasteiger partial charge in [0.1, 0.15) is 0 Å². The molecule has 0 aliphatic heterocycles. The van der Waals surface area contributed by atoms with Crippen LogP contribution in [0.15, 0.2) is 0 Å². The first-order valence-corrected chi connectivity index (χ1v) is 9.47. The van der Waals surface area contributed by atoms with E-state index < -0.39 is 0 Å². The van der Waals surface area contributed by atoms with Crippen LogP contribution < -0.4 is 0 Å². The zero-order chi connectivity index (χ0) is 5.41. The Morgan fingerprint density at radius 1 is 1.67 bits per heavy atom. The summed E-state index contributed by atoms with van der Waals surface area (Å²) in [6.07, 6.45) is 1.11. The van der Waals surface area contributed by atoms with E-state index in [1.165, 1.54) is 16.3 Å². The van der Waals surface area contributed by atoms with Crippen molar-refractivity contribution in [3.8, 4) is 0 Å². The monoisotopic (exact) mass is 264 g/mol. The molecule has 0 aliphatic carbocycles. The van der Waals surface area contributed by atoms with Gasteiger partial charge in [-0.15, -0.1) is 0 Å². The number of halogens is 2. The van der Waals surface area contributed by atoms with Crippen LogP contribution >= 0.6 is 29.6 Å². The first-order valence-electron chi connectivity index (χ1n) is 1.60. The van der Waals surface area contributed by atoms with Gasteiger partial charge in [-0.3, -0.25) is 5.33 Å². The van der Waals surface area contributed by atoms with Crippen molar-refractivity contribution in [2.75, 3.05) is 0 Å². The van der Waals surface area contributed by atoms with Gasteiger partial charge >= 0.3 is 30.0 Å². The van der Waals surface area contributed by atoms with Crippen molar-refractivity contribution in [2.24, 2.45) is 0 Å². The van der Waals surface area contributed by atoms with Gasteiger partial charge in [-0.25, -0.2) is 0 Å². The fourth-order valence-corrected chi connectivity index (χ4v) is 0. The Morgan fingerprint density at radius 2 is 1.83 bits per heavy atom. The molecule has 0 saturated heterocycles. The van der Waals surface area contributed by atoms with E-state index in [-0.39, 0.29) is 0 Å². The van der Waals surface area contributed by atoms with Crippen LogP contribution in [0, 0.1) is 5.33 Å². The standard InChI is InChI=1S/C3H6Br.BrH.Zn/c1-2-3-4;;/h3H,2H2,1H3;1H;/q-1;;+2/p-1. The molecule has 3 heteroatoms. The number of hydrogen-bond donors (Lipinski definition) is 0. The molecular formula is C3H6Br2Zn. The van der Waals surface area contributed by atoms with E-state index in [0.717, 1.165) is 6.42 Å². The van der Waals surface area contributed by atoms with Crippen molar-refractivity contribution in [3.05, 3.63) is 5.33 Å². The van der Waals surface area contributed by atoms with Crippen LogP contribution in [0.4, 0.5) is 0 Å². The van der Waals surface area contributed by atoms with Crippen molar-refractivity contribution in [3.63, 3.8) is 0 Å². The molecule has 0 rings (SSSR count). The van der Waals surface area contributed by atoms with Gasteiger partial charge in [-0.05, 0) is 0 Å². The summed E-state index contributed by atoms with van der Waals surface area (Å²) in [7, 11) is 0. The molecule has 0 N–H and O–H groups in total. The van der Waals surface area contributed by atoms with Gasteiger partial charge in [0, 0.05) is 0 Å². The quantitative estimate of drug-likeness (QED) is 0.506. The molecule has 0 nitrogen and oxygen atoms in total. The second-order valence-corrected chi connectivity index (χ2v) is 1.21. The van der Waals surface area contributed by atoms with Gasteiger partial charge in [0.2, 0.25) is 0 Å². The molecule has 0 amide bonds. The molecule has 6 heavy (non-hydrogen) atoms. The molecule has 0 aromatic rings. The molecule has 0 radical (unpaired) electrons. The first kappa shape index (κ1) is 10.5. The van der Waals surface area contributed by atoms with Crippen molar-refractivity contribution in [1.29, 1.82) is 0 Å². The van der Waals surface area contributed by atoms with E-state index in [0.29, 0.717) is 0 Å². The third-order valence-electron chi connectivity index (χ3n) is 0.154. The molecular weight excluding hydrogens is 261 g/mol. The third-order valence-corrected chi connectivity index (χ3v) is 0.802. The summed E-state index contributed by atoms with van der Waals surface area (Å²) in [6, 6.07) is 0. The summed E-state index contributed by atoms with van der Waals surface area (Å²) >= 11 is 7.37. The Labute approximate surface area is 64.2 Å². The maximum absolute atomic E-state index is 3.12. The molecule has 0 heterocycles. The second kappa shape index (κ2) is 16.0. The Bertz CT molecular complexity index is 10.8. The summed E-state index contributed by atoms with van der Waals surface area (Å²) in [5.74, 6) is 0. The molecule has 0 spiro atoms.